The summed E-state index contributed by atoms with van der Waals surface area (Å²) in [5.41, 5.74) is 1.43. The minimum absolute atomic E-state index is 0.297. The molecule has 8 heteroatoms. The van der Waals surface area contributed by atoms with Crippen molar-refractivity contribution < 1.29 is 18.0 Å². The molecule has 1 atom stereocenters. The number of amides is 1. The van der Waals surface area contributed by atoms with Crippen LogP contribution in [0.5, 0.6) is 0 Å². The Morgan fingerprint density at radius 2 is 1.85 bits per heavy atom. The molecule has 0 aliphatic carbocycles. The molecule has 1 amide bonds. The number of aryl methyl sites for hydroxylation is 1. The van der Waals surface area contributed by atoms with Gasteiger partial charge >= 0.3 is 6.18 Å². The van der Waals surface area contributed by atoms with Gasteiger partial charge in [0.1, 0.15) is 0 Å². The van der Waals surface area contributed by atoms with Crippen LogP contribution in [0, 0.1) is 0 Å². The van der Waals surface area contributed by atoms with Crippen molar-refractivity contribution in [2.24, 2.45) is 0 Å². The van der Waals surface area contributed by atoms with E-state index < -0.39 is 17.0 Å². The number of anilines is 1. The van der Waals surface area contributed by atoms with E-state index in [2.05, 4.69) is 10.3 Å². The highest BCUT2D eigenvalue weighted by molar-refractivity contribution is 8.00. The van der Waals surface area contributed by atoms with Gasteiger partial charge in [0.25, 0.3) is 0 Å². The van der Waals surface area contributed by atoms with E-state index in [9.17, 15) is 18.0 Å². The van der Waals surface area contributed by atoms with Crippen molar-refractivity contribution in [2.45, 2.75) is 37.0 Å². The maximum absolute atomic E-state index is 12.6. The maximum Gasteiger partial charge on any atom is 0.416 e. The molecule has 0 saturated heterocycles. The lowest BCUT2D eigenvalue weighted by Gasteiger charge is -2.13. The van der Waals surface area contributed by atoms with E-state index in [1.165, 1.54) is 23.9 Å². The summed E-state index contributed by atoms with van der Waals surface area (Å²) in [6.45, 7) is 4.46. The number of fused-ring (bicyclic) bond motifs is 1. The lowest BCUT2D eigenvalue weighted by Crippen LogP contribution is -2.23. The van der Waals surface area contributed by atoms with Crippen LogP contribution in [0.1, 0.15) is 19.4 Å². The lowest BCUT2D eigenvalue weighted by atomic mass is 10.2. The molecule has 4 nitrogen and oxygen atoms in total. The van der Waals surface area contributed by atoms with E-state index in [4.69, 9.17) is 0 Å². The number of hydrogen-bond acceptors (Lipinski definition) is 3. The first-order valence-corrected chi connectivity index (χ1v) is 9.27. The third-order valence-corrected chi connectivity index (χ3v) is 5.16. The van der Waals surface area contributed by atoms with Crippen LogP contribution in [0.4, 0.5) is 18.9 Å². The largest absolute Gasteiger partial charge is 0.416 e. The van der Waals surface area contributed by atoms with Crippen LogP contribution in [0.3, 0.4) is 0 Å². The molecule has 0 spiro atoms. The molecule has 0 unspecified atom stereocenters. The SMILES string of the molecule is CCn1c(S[C@H](C)C(=O)Nc2ccc(C(F)(F)F)cc2)nc2ccccc21. The van der Waals surface area contributed by atoms with E-state index >= 15 is 0 Å². The molecule has 27 heavy (non-hydrogen) atoms. The Morgan fingerprint density at radius 1 is 1.19 bits per heavy atom. The number of halogens is 3. The fraction of sp³-hybridized carbons (Fsp3) is 0.263. The average Bonchev–Trinajstić information content (AvgIpc) is 2.98. The van der Waals surface area contributed by atoms with Crippen molar-refractivity contribution >= 4 is 34.4 Å². The number of imidazole rings is 1. The van der Waals surface area contributed by atoms with Crippen molar-refractivity contribution in [1.29, 1.82) is 0 Å². The Balaban J connectivity index is 1.71. The molecule has 0 saturated carbocycles. The van der Waals surface area contributed by atoms with Crippen LogP contribution in [-0.2, 0) is 17.5 Å². The molecule has 0 aliphatic heterocycles. The van der Waals surface area contributed by atoms with Gasteiger partial charge in [-0.3, -0.25) is 4.79 Å². The molecule has 3 rings (SSSR count). The van der Waals surface area contributed by atoms with Gasteiger partial charge in [-0.05, 0) is 50.2 Å². The summed E-state index contributed by atoms with van der Waals surface area (Å²) in [6, 6.07) is 12.1. The molecule has 2 aromatic carbocycles. The zero-order valence-corrected chi connectivity index (χ0v) is 15.6. The van der Waals surface area contributed by atoms with Gasteiger partial charge in [0.05, 0.1) is 21.8 Å². The van der Waals surface area contributed by atoms with Gasteiger partial charge in [0, 0.05) is 12.2 Å². The highest BCUT2D eigenvalue weighted by Gasteiger charge is 2.30. The number of carbonyl (C=O) groups is 1. The molecule has 0 radical (unpaired) electrons. The lowest BCUT2D eigenvalue weighted by molar-refractivity contribution is -0.137. The molecular weight excluding hydrogens is 375 g/mol. The van der Waals surface area contributed by atoms with Crippen LogP contribution in [-0.4, -0.2) is 20.7 Å². The van der Waals surface area contributed by atoms with Crippen molar-refractivity contribution in [3.05, 3.63) is 54.1 Å². The summed E-state index contributed by atoms with van der Waals surface area (Å²) < 4.78 is 39.9. The Hall–Kier alpha value is -2.48. The standard InChI is InChI=1S/C19H18F3N3OS/c1-3-25-16-7-5-4-6-15(16)24-18(25)27-12(2)17(26)23-14-10-8-13(9-11-14)19(20,21)22/h4-12H,3H2,1-2H3,(H,23,26)/t12-/m1/s1. The van der Waals surface area contributed by atoms with Crippen molar-refractivity contribution in [3.8, 4) is 0 Å². The number of thioether (sulfide) groups is 1. The third kappa shape index (κ3) is 4.27. The summed E-state index contributed by atoms with van der Waals surface area (Å²) in [4.78, 5) is 17.0. The maximum atomic E-state index is 12.6. The van der Waals surface area contributed by atoms with Crippen molar-refractivity contribution in [1.82, 2.24) is 9.55 Å². The predicted octanol–water partition coefficient (Wildman–Crippen LogP) is 5.19. The van der Waals surface area contributed by atoms with E-state index in [1.54, 1.807) is 6.92 Å². The molecule has 0 bridgehead atoms. The summed E-state index contributed by atoms with van der Waals surface area (Å²) in [6.07, 6.45) is -4.40. The predicted molar refractivity (Wildman–Crippen MR) is 101 cm³/mol. The van der Waals surface area contributed by atoms with Gasteiger partial charge < -0.3 is 9.88 Å². The van der Waals surface area contributed by atoms with Gasteiger partial charge in [0.15, 0.2) is 5.16 Å². The smallest absolute Gasteiger partial charge is 0.325 e. The van der Waals surface area contributed by atoms with Crippen LogP contribution in [0.15, 0.2) is 53.7 Å². The Bertz CT molecular complexity index is 951. The average molecular weight is 393 g/mol. The second-order valence-corrected chi connectivity index (χ2v) is 7.26. The normalized spacial score (nSPS) is 12.9. The number of rotatable bonds is 5. The number of benzene rings is 2. The molecule has 0 aliphatic rings. The summed E-state index contributed by atoms with van der Waals surface area (Å²) in [5.74, 6) is -0.297. The van der Waals surface area contributed by atoms with Gasteiger partial charge in [-0.1, -0.05) is 23.9 Å². The highest BCUT2D eigenvalue weighted by Crippen LogP contribution is 2.30. The fourth-order valence-electron chi connectivity index (χ4n) is 2.65. The third-order valence-electron chi connectivity index (χ3n) is 4.07. The zero-order chi connectivity index (χ0) is 19.6. The summed E-state index contributed by atoms with van der Waals surface area (Å²) in [7, 11) is 0. The minimum Gasteiger partial charge on any atom is -0.325 e. The fourth-order valence-corrected chi connectivity index (χ4v) is 3.63. The minimum atomic E-state index is -4.40. The topological polar surface area (TPSA) is 46.9 Å². The van der Waals surface area contributed by atoms with Gasteiger partial charge in [-0.25, -0.2) is 4.98 Å². The first-order valence-electron chi connectivity index (χ1n) is 8.39. The molecule has 3 aromatic rings. The van der Waals surface area contributed by atoms with E-state index in [1.807, 2.05) is 35.8 Å². The number of nitrogens with zero attached hydrogens (tertiary/aromatic N) is 2. The van der Waals surface area contributed by atoms with Crippen LogP contribution >= 0.6 is 11.8 Å². The van der Waals surface area contributed by atoms with Crippen molar-refractivity contribution in [3.63, 3.8) is 0 Å². The number of hydrogen-bond donors (Lipinski definition) is 1. The van der Waals surface area contributed by atoms with E-state index in [-0.39, 0.29) is 5.91 Å². The number of nitrogens with one attached hydrogen (secondary N) is 1. The molecule has 1 N–H and O–H groups in total. The monoisotopic (exact) mass is 393 g/mol. The molecule has 1 heterocycles. The van der Waals surface area contributed by atoms with Gasteiger partial charge in [0.2, 0.25) is 5.91 Å². The Kier molecular flexibility index (Phi) is 5.46. The van der Waals surface area contributed by atoms with Crippen LogP contribution < -0.4 is 5.32 Å². The first kappa shape index (κ1) is 19.3. The second kappa shape index (κ2) is 7.64. The molecule has 1 aromatic heterocycles. The Labute approximate surface area is 158 Å². The summed E-state index contributed by atoms with van der Waals surface area (Å²) >= 11 is 1.32. The number of para-hydroxylation sites is 2. The van der Waals surface area contributed by atoms with Crippen LogP contribution in [0.25, 0.3) is 11.0 Å². The Morgan fingerprint density at radius 3 is 2.48 bits per heavy atom. The zero-order valence-electron chi connectivity index (χ0n) is 14.7. The number of carbonyl (C=O) groups excluding carboxylic acids is 1. The molecular formula is C19H18F3N3OS. The van der Waals surface area contributed by atoms with Crippen LogP contribution in [0.2, 0.25) is 0 Å². The quantitative estimate of drug-likeness (QED) is 0.607. The highest BCUT2D eigenvalue weighted by atomic mass is 32.2. The summed E-state index contributed by atoms with van der Waals surface area (Å²) in [5, 5.41) is 2.91. The number of alkyl halides is 3. The first-order chi connectivity index (χ1) is 12.8. The molecule has 142 valence electrons. The molecule has 0 fully saturated rings. The number of aromatic nitrogens is 2. The van der Waals surface area contributed by atoms with Crippen molar-refractivity contribution in [2.75, 3.05) is 5.32 Å². The van der Waals surface area contributed by atoms with E-state index in [0.717, 1.165) is 34.9 Å². The van der Waals surface area contributed by atoms with Gasteiger partial charge in [-0.2, -0.15) is 13.2 Å². The second-order valence-electron chi connectivity index (χ2n) is 5.95. The van der Waals surface area contributed by atoms with E-state index in [0.29, 0.717) is 5.69 Å². The van der Waals surface area contributed by atoms with Gasteiger partial charge in [-0.15, -0.1) is 0 Å².